The summed E-state index contributed by atoms with van der Waals surface area (Å²) in [6.07, 6.45) is 1.66. The number of rotatable bonds is 4. The molecule has 2 aromatic rings. The van der Waals surface area contributed by atoms with Gasteiger partial charge in [-0.05, 0) is 42.0 Å². The Morgan fingerprint density at radius 3 is 2.71 bits per heavy atom. The van der Waals surface area contributed by atoms with Crippen molar-refractivity contribution < 1.29 is 19.0 Å². The standard InChI is InChI=1S/C18H14BrNO4/c1-22-13-5-3-4-11(8-13)9-15-18(21)24-17(20-15)14-10-12(19)6-7-16(14)23-2/h3-10H,1-2H3/b15-9-. The van der Waals surface area contributed by atoms with E-state index in [4.69, 9.17) is 14.2 Å². The summed E-state index contributed by atoms with van der Waals surface area (Å²) in [4.78, 5) is 16.4. The van der Waals surface area contributed by atoms with Crippen molar-refractivity contribution in [2.24, 2.45) is 4.99 Å². The first-order valence-electron chi connectivity index (χ1n) is 7.11. The van der Waals surface area contributed by atoms with Crippen molar-refractivity contribution in [2.75, 3.05) is 14.2 Å². The number of hydrogen-bond acceptors (Lipinski definition) is 5. The second-order valence-electron chi connectivity index (χ2n) is 4.96. The lowest BCUT2D eigenvalue weighted by Gasteiger charge is -2.07. The minimum absolute atomic E-state index is 0.215. The fourth-order valence-electron chi connectivity index (χ4n) is 2.26. The number of carbonyl (C=O) groups excluding carboxylic acids is 1. The van der Waals surface area contributed by atoms with E-state index in [1.54, 1.807) is 32.4 Å². The molecule has 0 fully saturated rings. The number of nitrogens with zero attached hydrogens (tertiary/aromatic N) is 1. The zero-order valence-electron chi connectivity index (χ0n) is 13.1. The molecule has 5 nitrogen and oxygen atoms in total. The van der Waals surface area contributed by atoms with Gasteiger partial charge < -0.3 is 14.2 Å². The molecule has 1 heterocycles. The SMILES string of the molecule is COc1cccc(/C=C2\N=C(c3cc(Br)ccc3OC)OC2=O)c1. The Kier molecular flexibility index (Phi) is 4.66. The summed E-state index contributed by atoms with van der Waals surface area (Å²) in [6, 6.07) is 12.7. The van der Waals surface area contributed by atoms with Crippen LogP contribution in [-0.2, 0) is 9.53 Å². The molecule has 0 atom stereocenters. The quantitative estimate of drug-likeness (QED) is 0.591. The van der Waals surface area contributed by atoms with Crippen LogP contribution < -0.4 is 9.47 Å². The molecule has 0 N–H and O–H groups in total. The number of cyclic esters (lactones) is 1. The first-order chi connectivity index (χ1) is 11.6. The van der Waals surface area contributed by atoms with Gasteiger partial charge in [-0.2, -0.15) is 0 Å². The highest BCUT2D eigenvalue weighted by atomic mass is 79.9. The minimum atomic E-state index is -0.505. The van der Waals surface area contributed by atoms with Crippen molar-refractivity contribution in [3.63, 3.8) is 0 Å². The summed E-state index contributed by atoms with van der Waals surface area (Å²) >= 11 is 3.39. The van der Waals surface area contributed by atoms with Gasteiger partial charge in [0, 0.05) is 4.47 Å². The lowest BCUT2D eigenvalue weighted by Crippen LogP contribution is -2.07. The zero-order chi connectivity index (χ0) is 17.1. The number of carbonyl (C=O) groups is 1. The second-order valence-corrected chi connectivity index (χ2v) is 5.87. The van der Waals surface area contributed by atoms with E-state index in [0.717, 1.165) is 10.0 Å². The molecule has 1 aliphatic heterocycles. The molecule has 2 aromatic carbocycles. The second kappa shape index (κ2) is 6.88. The predicted octanol–water partition coefficient (Wildman–Crippen LogP) is 3.81. The number of ether oxygens (including phenoxy) is 3. The molecule has 0 amide bonds. The summed E-state index contributed by atoms with van der Waals surface area (Å²) in [6.45, 7) is 0. The fourth-order valence-corrected chi connectivity index (χ4v) is 2.62. The van der Waals surface area contributed by atoms with E-state index in [0.29, 0.717) is 17.1 Å². The van der Waals surface area contributed by atoms with E-state index in [-0.39, 0.29) is 11.6 Å². The molecule has 0 saturated heterocycles. The Hall–Kier alpha value is -2.60. The summed E-state index contributed by atoms with van der Waals surface area (Å²) in [7, 11) is 3.14. The lowest BCUT2D eigenvalue weighted by atomic mass is 10.2. The third-order valence-corrected chi connectivity index (χ3v) is 3.90. The van der Waals surface area contributed by atoms with Crippen LogP contribution in [0.15, 0.2) is 57.6 Å². The molecule has 122 valence electrons. The van der Waals surface area contributed by atoms with Crippen LogP contribution in [0.4, 0.5) is 0 Å². The number of aliphatic imine (C=N–C) groups is 1. The number of benzene rings is 2. The highest BCUT2D eigenvalue weighted by Crippen LogP contribution is 2.28. The summed E-state index contributed by atoms with van der Waals surface area (Å²) in [5, 5.41) is 0. The molecule has 6 heteroatoms. The van der Waals surface area contributed by atoms with Gasteiger partial charge in [0.15, 0.2) is 5.70 Å². The molecular formula is C18H14BrNO4. The van der Waals surface area contributed by atoms with Gasteiger partial charge in [0.25, 0.3) is 0 Å². The molecule has 24 heavy (non-hydrogen) atoms. The van der Waals surface area contributed by atoms with Crippen LogP contribution in [0.3, 0.4) is 0 Å². The summed E-state index contributed by atoms with van der Waals surface area (Å²) < 4.78 is 16.6. The molecule has 1 aliphatic rings. The van der Waals surface area contributed by atoms with Crippen molar-refractivity contribution in [2.45, 2.75) is 0 Å². The predicted molar refractivity (Wildman–Crippen MR) is 94.3 cm³/mol. The monoisotopic (exact) mass is 387 g/mol. The molecule has 3 rings (SSSR count). The highest BCUT2D eigenvalue weighted by Gasteiger charge is 2.26. The highest BCUT2D eigenvalue weighted by molar-refractivity contribution is 9.10. The molecule has 0 aliphatic carbocycles. The van der Waals surface area contributed by atoms with Gasteiger partial charge in [0.1, 0.15) is 11.5 Å². The number of halogens is 1. The van der Waals surface area contributed by atoms with Gasteiger partial charge in [-0.15, -0.1) is 0 Å². The normalized spacial score (nSPS) is 15.2. The zero-order valence-corrected chi connectivity index (χ0v) is 14.7. The van der Waals surface area contributed by atoms with E-state index in [1.807, 2.05) is 30.3 Å². The van der Waals surface area contributed by atoms with Gasteiger partial charge >= 0.3 is 5.97 Å². The van der Waals surface area contributed by atoms with Crippen LogP contribution in [0.5, 0.6) is 11.5 Å². The van der Waals surface area contributed by atoms with Crippen LogP contribution in [0, 0.1) is 0 Å². The molecule has 0 spiro atoms. The van der Waals surface area contributed by atoms with Crippen molar-refractivity contribution >= 4 is 33.9 Å². The van der Waals surface area contributed by atoms with E-state index in [2.05, 4.69) is 20.9 Å². The van der Waals surface area contributed by atoms with Crippen molar-refractivity contribution in [1.29, 1.82) is 0 Å². The molecule has 0 saturated carbocycles. The van der Waals surface area contributed by atoms with Crippen LogP contribution >= 0.6 is 15.9 Å². The molecule has 0 unspecified atom stereocenters. The average molecular weight is 388 g/mol. The molecule has 0 bridgehead atoms. The Morgan fingerprint density at radius 2 is 1.96 bits per heavy atom. The molecule has 0 radical (unpaired) electrons. The van der Waals surface area contributed by atoms with Gasteiger partial charge in [-0.1, -0.05) is 28.1 Å². The maximum Gasteiger partial charge on any atom is 0.363 e. The Labute approximate surface area is 147 Å². The number of hydrogen-bond donors (Lipinski definition) is 0. The Morgan fingerprint density at radius 1 is 1.12 bits per heavy atom. The van der Waals surface area contributed by atoms with E-state index in [1.165, 1.54) is 0 Å². The molecular weight excluding hydrogens is 374 g/mol. The Bertz CT molecular complexity index is 858. The van der Waals surface area contributed by atoms with Crippen LogP contribution in [-0.4, -0.2) is 26.1 Å². The van der Waals surface area contributed by atoms with Gasteiger partial charge in [-0.25, -0.2) is 9.79 Å². The van der Waals surface area contributed by atoms with Crippen LogP contribution in [0.25, 0.3) is 6.08 Å². The van der Waals surface area contributed by atoms with E-state index < -0.39 is 5.97 Å². The summed E-state index contributed by atoms with van der Waals surface area (Å²) in [5.41, 5.74) is 1.63. The van der Waals surface area contributed by atoms with Crippen molar-refractivity contribution in [1.82, 2.24) is 0 Å². The average Bonchev–Trinajstić information content (AvgIpc) is 2.95. The maximum absolute atomic E-state index is 12.1. The first-order valence-corrected chi connectivity index (χ1v) is 7.90. The van der Waals surface area contributed by atoms with Crippen LogP contribution in [0.1, 0.15) is 11.1 Å². The Balaban J connectivity index is 1.99. The number of esters is 1. The largest absolute Gasteiger partial charge is 0.497 e. The molecule has 0 aromatic heterocycles. The summed E-state index contributed by atoms with van der Waals surface area (Å²) in [5.74, 6) is 0.989. The third-order valence-electron chi connectivity index (χ3n) is 3.41. The number of methoxy groups -OCH3 is 2. The van der Waals surface area contributed by atoms with E-state index >= 15 is 0 Å². The van der Waals surface area contributed by atoms with E-state index in [9.17, 15) is 4.79 Å². The lowest BCUT2D eigenvalue weighted by molar-refractivity contribution is -0.129. The minimum Gasteiger partial charge on any atom is -0.497 e. The third kappa shape index (κ3) is 3.33. The van der Waals surface area contributed by atoms with Gasteiger partial charge in [-0.3, -0.25) is 0 Å². The smallest absolute Gasteiger partial charge is 0.363 e. The maximum atomic E-state index is 12.1. The van der Waals surface area contributed by atoms with Crippen molar-refractivity contribution in [3.8, 4) is 11.5 Å². The van der Waals surface area contributed by atoms with Crippen LogP contribution in [0.2, 0.25) is 0 Å². The first kappa shape index (κ1) is 16.3. The topological polar surface area (TPSA) is 57.1 Å². The van der Waals surface area contributed by atoms with Gasteiger partial charge in [0.05, 0.1) is 19.8 Å². The van der Waals surface area contributed by atoms with Gasteiger partial charge in [0.2, 0.25) is 5.90 Å². The van der Waals surface area contributed by atoms with Crippen molar-refractivity contribution in [3.05, 3.63) is 63.8 Å². The fraction of sp³-hybridized carbons (Fsp3) is 0.111.